The Bertz CT molecular complexity index is 3980. The number of aromatic hydroxyl groups is 1. The molecule has 7 rings (SSSR count). The average molecular weight is 1480 g/mol. The zero-order chi connectivity index (χ0) is 76.9. The van der Waals surface area contributed by atoms with Gasteiger partial charge in [0.05, 0.1) is 18.2 Å². The molecule has 3 fully saturated rings. The summed E-state index contributed by atoms with van der Waals surface area (Å²) >= 11 is 5.58. The van der Waals surface area contributed by atoms with E-state index in [0.29, 0.717) is 67.1 Å². The van der Waals surface area contributed by atoms with Gasteiger partial charge in [-0.05, 0) is 151 Å². The highest BCUT2D eigenvalue weighted by Gasteiger charge is 2.43. The van der Waals surface area contributed by atoms with Crippen molar-refractivity contribution in [1.82, 2.24) is 51.5 Å². The lowest BCUT2D eigenvalue weighted by molar-refractivity contribution is -0.146. The first-order chi connectivity index (χ1) is 49.9. The number of nitrogens with one attached hydrogen (secondary N) is 7. The van der Waals surface area contributed by atoms with Crippen LogP contribution in [-0.2, 0) is 62.3 Å². The Morgan fingerprint density at radius 1 is 0.629 bits per heavy atom. The van der Waals surface area contributed by atoms with Crippen molar-refractivity contribution in [1.29, 1.82) is 0 Å². The second-order valence-corrected chi connectivity index (χ2v) is 26.6. The molecule has 35 heteroatoms. The van der Waals surface area contributed by atoms with Gasteiger partial charge in [0.25, 0.3) is 0 Å². The van der Waals surface area contributed by atoms with Crippen molar-refractivity contribution in [3.8, 4) is 28.2 Å². The number of primary amides is 1. The van der Waals surface area contributed by atoms with Crippen molar-refractivity contribution in [2.45, 2.75) is 191 Å². The smallest absolute Gasteiger partial charge is 0.336 e. The van der Waals surface area contributed by atoms with Gasteiger partial charge in [0.2, 0.25) is 59.1 Å². The topological polar surface area (TPSA) is 514 Å². The molecule has 2 aromatic rings. The maximum Gasteiger partial charge on any atom is 0.336 e. The van der Waals surface area contributed by atoms with E-state index in [4.69, 9.17) is 27.5 Å². The van der Waals surface area contributed by atoms with Gasteiger partial charge < -0.3 is 97.6 Å². The average Bonchev–Trinajstić information content (AvgIpc) is 0.989. The van der Waals surface area contributed by atoms with E-state index in [1.54, 1.807) is 12.1 Å². The highest BCUT2D eigenvalue weighted by molar-refractivity contribution is 7.80. The van der Waals surface area contributed by atoms with Crippen molar-refractivity contribution >= 4 is 117 Å². The maximum atomic E-state index is 14.5. The SMILES string of the molecule is CCCCCN(CC(=O)N1CCC[C@@H]1C(=O)N[C@H](CCC(=O)O)C(=O)N[C@H](CCC(=O)O)C(N)=O)C(=O)[C@@H](C)NC(=O)[C@H](NC(=O)[C@H]1CCCN1C(=O)[C@@H](CCC(=O)O)NC(=O)[C@H]1CCCN1C(=O)CCCCNC(=S)Nc1ccc(C(=O)O)c(-c2c3ccc(=O)cc-3oc3cc(O)ccc23)c1)[C@H](C)O. The monoisotopic (exact) mass is 1480 g/mol. The molecule has 0 bridgehead atoms. The number of carboxylic acid groups (broad SMARTS) is 4. The van der Waals surface area contributed by atoms with Crippen LogP contribution in [0, 0.1) is 0 Å². The number of carbonyl (C=O) groups is 14. The van der Waals surface area contributed by atoms with Crippen LogP contribution in [0.5, 0.6) is 5.75 Å². The molecule has 0 spiro atoms. The number of aliphatic carboxylic acids is 3. The number of nitrogens with zero attached hydrogens (tertiary/aromatic N) is 4. The number of carbonyl (C=O) groups excluding carboxylic acids is 10. The quantitative estimate of drug-likeness (QED) is 0.0172. The summed E-state index contributed by atoms with van der Waals surface area (Å²) in [6.07, 6.45) is -0.807. The highest BCUT2D eigenvalue weighted by atomic mass is 32.1. The molecule has 9 atom stereocenters. The first kappa shape index (κ1) is 81.5. The summed E-state index contributed by atoms with van der Waals surface area (Å²) in [7, 11) is 0. The molecule has 1 aliphatic carbocycles. The number of phenols is 1. The van der Waals surface area contributed by atoms with Crippen molar-refractivity contribution in [3.05, 3.63) is 70.4 Å². The number of benzene rings is 3. The molecule has 0 unspecified atom stereocenters. The van der Waals surface area contributed by atoms with Gasteiger partial charge in [-0.25, -0.2) is 4.79 Å². The number of anilines is 1. The molecule has 3 saturated heterocycles. The Hall–Kier alpha value is -10.8. The number of likely N-dealkylation sites (tertiary alicyclic amines) is 3. The number of carboxylic acids is 4. The molecular formula is C70H90N12O22S. The van der Waals surface area contributed by atoms with Gasteiger partial charge in [0.1, 0.15) is 65.4 Å². The van der Waals surface area contributed by atoms with Crippen LogP contribution in [0.3, 0.4) is 0 Å². The van der Waals surface area contributed by atoms with Gasteiger partial charge in [-0.1, -0.05) is 19.8 Å². The predicted octanol–water partition coefficient (Wildman–Crippen LogP) is 1.32. The summed E-state index contributed by atoms with van der Waals surface area (Å²) in [5.74, 6) is -13.4. The fourth-order valence-corrected chi connectivity index (χ4v) is 13.3. The van der Waals surface area contributed by atoms with Gasteiger partial charge in [-0.15, -0.1) is 0 Å². The van der Waals surface area contributed by atoms with Crippen molar-refractivity contribution < 1.29 is 102 Å². The zero-order valence-electron chi connectivity index (χ0n) is 58.4. The molecule has 34 nitrogen and oxygen atoms in total. The summed E-state index contributed by atoms with van der Waals surface area (Å²) in [4.78, 5) is 203. The normalized spacial score (nSPS) is 17.3. The van der Waals surface area contributed by atoms with Crippen LogP contribution in [-0.4, -0.2) is 232 Å². The number of unbranched alkanes of at least 4 members (excludes halogenated alkanes) is 3. The van der Waals surface area contributed by atoms with E-state index in [1.807, 2.05) is 6.92 Å². The Balaban J connectivity index is 0.922. The summed E-state index contributed by atoms with van der Waals surface area (Å²) in [5.41, 5.74) is 6.70. The molecule has 15 N–H and O–H groups in total. The minimum atomic E-state index is -1.74. The van der Waals surface area contributed by atoms with E-state index >= 15 is 0 Å². The molecular weight excluding hydrogens is 1390 g/mol. The summed E-state index contributed by atoms with van der Waals surface area (Å²) in [6.45, 7) is 4.29. The Kier molecular flexibility index (Phi) is 29.5. The van der Waals surface area contributed by atoms with Gasteiger partial charge in [-0.3, -0.25) is 67.1 Å². The van der Waals surface area contributed by atoms with Crippen molar-refractivity contribution in [3.63, 3.8) is 0 Å². The number of aliphatic hydroxyl groups excluding tert-OH is 1. The van der Waals surface area contributed by atoms with Crippen molar-refractivity contribution in [2.24, 2.45) is 5.73 Å². The van der Waals surface area contributed by atoms with E-state index < -0.39 is 177 Å². The highest BCUT2D eigenvalue weighted by Crippen LogP contribution is 2.43. The molecule has 5 aliphatic rings. The number of aromatic carboxylic acids is 1. The molecule has 4 heterocycles. The number of rotatable bonds is 37. The first-order valence-corrected chi connectivity index (χ1v) is 35.2. The third kappa shape index (κ3) is 22.3. The number of hydrogen-bond acceptors (Lipinski definition) is 19. The van der Waals surface area contributed by atoms with Crippen LogP contribution in [0.25, 0.3) is 33.4 Å². The number of aliphatic hydroxyl groups is 1. The van der Waals surface area contributed by atoms with Gasteiger partial charge in [0, 0.05) is 92.7 Å². The molecule has 2 aromatic carbocycles. The van der Waals surface area contributed by atoms with E-state index in [-0.39, 0.29) is 109 Å². The Morgan fingerprint density at radius 2 is 1.21 bits per heavy atom. The molecule has 0 saturated carbocycles. The minimum absolute atomic E-state index is 0.00310. The maximum absolute atomic E-state index is 14.5. The molecule has 10 amide bonds. The van der Waals surface area contributed by atoms with Gasteiger partial charge in [-0.2, -0.15) is 0 Å². The van der Waals surface area contributed by atoms with Crippen LogP contribution in [0.1, 0.15) is 147 Å². The zero-order valence-corrected chi connectivity index (χ0v) is 59.2. The molecule has 568 valence electrons. The Morgan fingerprint density at radius 3 is 1.81 bits per heavy atom. The van der Waals surface area contributed by atoms with Gasteiger partial charge in [0.15, 0.2) is 10.5 Å². The standard InChI is InChI=1S/C70H90N12O22S/c1-4-5-8-29-79(36-55(87)81-31-10-13-50(81)63(96)76-47(23-26-57(90)91)62(95)75-46(61(71)94)22-25-56(88)89)67(100)37(2)73-66(99)60(38(3)83)78-65(98)51-14-11-32-82(51)68(101)48(24-27-58(92)93)77-64(97)49-12-9-30-80(49)54(86)15-6-7-28-72-70(105)74-39-16-19-42(69(102)103)45(33-39)59-43-20-17-40(84)34-52(43)104-53-35-41(85)18-21-44(53)59/h16-21,33-35,37-38,46-51,60,83-84H,4-15,22-32,36H2,1-3H3,(H2,71,94)(H,73,99)(H,75,95)(H,76,96)(H,77,97)(H,78,98)(H,88,89)(H,90,91)(H,92,93)(H,102,103)(H2,72,74,105)/t37-,38+,46-,47-,48-,49-,50-,51-,60-/m1/s1. The number of hydrogen-bond donors (Lipinski definition) is 14. The number of fused-ring (bicyclic) bond motifs is 2. The molecule has 0 radical (unpaired) electrons. The second kappa shape index (κ2) is 38.1. The third-order valence-corrected chi connectivity index (χ3v) is 18.7. The van der Waals surface area contributed by atoms with Crippen LogP contribution >= 0.6 is 12.2 Å². The van der Waals surface area contributed by atoms with Crippen LogP contribution < -0.4 is 48.4 Å². The minimum Gasteiger partial charge on any atom is -0.508 e. The summed E-state index contributed by atoms with van der Waals surface area (Å²) in [5, 5.41) is 78.7. The van der Waals surface area contributed by atoms with E-state index in [2.05, 4.69) is 37.2 Å². The lowest BCUT2D eigenvalue weighted by Gasteiger charge is -2.32. The molecule has 105 heavy (non-hydrogen) atoms. The van der Waals surface area contributed by atoms with Crippen LogP contribution in [0.2, 0.25) is 0 Å². The first-order valence-electron chi connectivity index (χ1n) is 34.8. The van der Waals surface area contributed by atoms with Gasteiger partial charge >= 0.3 is 23.9 Å². The van der Waals surface area contributed by atoms with Crippen molar-refractivity contribution in [2.75, 3.05) is 44.6 Å². The lowest BCUT2D eigenvalue weighted by Crippen LogP contribution is -2.60. The third-order valence-electron chi connectivity index (χ3n) is 18.5. The summed E-state index contributed by atoms with van der Waals surface area (Å²) < 4.78 is 5.94. The van der Waals surface area contributed by atoms with Crippen LogP contribution in [0.4, 0.5) is 5.69 Å². The fraction of sp³-hybridized carbons (Fsp3) is 0.514. The van der Waals surface area contributed by atoms with Crippen LogP contribution in [0.15, 0.2) is 63.8 Å². The number of nitrogens with two attached hydrogens (primary N) is 1. The number of thiocarbonyl (C=S) groups is 1. The number of phenolic OH excluding ortho intramolecular Hbond substituents is 1. The van der Waals surface area contributed by atoms with E-state index in [1.165, 1.54) is 71.0 Å². The predicted molar refractivity (Wildman–Crippen MR) is 378 cm³/mol. The largest absolute Gasteiger partial charge is 0.508 e. The Labute approximate surface area is 607 Å². The lowest BCUT2D eigenvalue weighted by atomic mass is 9.90. The fourth-order valence-electron chi connectivity index (χ4n) is 13.1. The van der Waals surface area contributed by atoms with E-state index in [0.717, 1.165) is 4.90 Å². The summed E-state index contributed by atoms with van der Waals surface area (Å²) in [6, 6.07) is 1.78. The number of amides is 10. The second-order valence-electron chi connectivity index (χ2n) is 26.2. The molecule has 4 aliphatic heterocycles. The molecule has 0 aromatic heterocycles. The van der Waals surface area contributed by atoms with E-state index in [9.17, 15) is 97.5 Å².